The second-order valence-corrected chi connectivity index (χ2v) is 8.10. The van der Waals surface area contributed by atoms with Gasteiger partial charge in [-0.1, -0.05) is 43.5 Å². The molecule has 1 amide bonds. The Morgan fingerprint density at radius 3 is 2.94 bits per heavy atom. The predicted molar refractivity (Wildman–Crippen MR) is 138 cm³/mol. The van der Waals surface area contributed by atoms with Crippen molar-refractivity contribution in [2.24, 2.45) is 0 Å². The summed E-state index contributed by atoms with van der Waals surface area (Å²) in [6.07, 6.45) is 12.5. The van der Waals surface area contributed by atoms with Crippen LogP contribution in [-0.2, 0) is 4.79 Å². The van der Waals surface area contributed by atoms with Crippen LogP contribution in [0, 0.1) is 11.3 Å². The van der Waals surface area contributed by atoms with Gasteiger partial charge in [0.2, 0.25) is 5.91 Å². The molecule has 1 aromatic heterocycles. The molecule has 0 bridgehead atoms. The van der Waals surface area contributed by atoms with Gasteiger partial charge in [-0.25, -0.2) is 4.98 Å². The molecule has 182 valence electrons. The third-order valence-electron chi connectivity index (χ3n) is 5.06. The van der Waals surface area contributed by atoms with Gasteiger partial charge in [0.15, 0.2) is 17.3 Å². The number of amides is 1. The Balaban J connectivity index is 1.71. The van der Waals surface area contributed by atoms with Gasteiger partial charge in [-0.2, -0.15) is 5.26 Å². The summed E-state index contributed by atoms with van der Waals surface area (Å²) < 4.78 is 11.4. The lowest BCUT2D eigenvalue weighted by molar-refractivity contribution is -0.111. The number of anilines is 2. The van der Waals surface area contributed by atoms with Gasteiger partial charge >= 0.3 is 0 Å². The number of aromatic nitrogens is 1. The molecule has 1 atom stereocenters. The number of allylic oxidation sites excluding steroid dienone is 2. The molecule has 3 rings (SSSR count). The van der Waals surface area contributed by atoms with Crippen molar-refractivity contribution in [3.05, 3.63) is 71.0 Å². The van der Waals surface area contributed by atoms with Gasteiger partial charge in [-0.05, 0) is 36.8 Å². The fourth-order valence-electron chi connectivity index (χ4n) is 3.28. The number of benzene rings is 1. The van der Waals surface area contributed by atoms with E-state index in [4.69, 9.17) is 26.3 Å². The molecular weight excluding hydrogens is 466 g/mol. The van der Waals surface area contributed by atoms with Crippen LogP contribution in [0.2, 0.25) is 5.02 Å². The number of methoxy groups -OCH3 is 1. The van der Waals surface area contributed by atoms with Gasteiger partial charge in [0.1, 0.15) is 12.2 Å². The Morgan fingerprint density at radius 2 is 2.23 bits per heavy atom. The van der Waals surface area contributed by atoms with E-state index in [9.17, 15) is 4.79 Å². The number of pyridine rings is 1. The van der Waals surface area contributed by atoms with Crippen LogP contribution in [0.25, 0.3) is 6.08 Å². The lowest BCUT2D eigenvalue weighted by Gasteiger charge is -2.20. The molecule has 0 saturated heterocycles. The number of carbonyl (C=O) groups is 1. The highest BCUT2D eigenvalue weighted by atomic mass is 35.5. The SMILES string of the molecule is CCCCCOc1c(/C=C/C(=O)Nc2cc(Cl)cnc2NC2C=CC(C#N)=CN2)cccc1OC. The van der Waals surface area contributed by atoms with Crippen LogP contribution in [-0.4, -0.2) is 30.8 Å². The fraction of sp³-hybridized carbons (Fsp3) is 0.269. The quantitative estimate of drug-likeness (QED) is 0.289. The van der Waals surface area contributed by atoms with Crippen molar-refractivity contribution in [3.63, 3.8) is 0 Å². The highest BCUT2D eigenvalue weighted by Gasteiger charge is 2.14. The van der Waals surface area contributed by atoms with Crippen LogP contribution >= 0.6 is 11.6 Å². The molecule has 0 aliphatic carbocycles. The molecule has 1 aliphatic rings. The molecule has 35 heavy (non-hydrogen) atoms. The first-order valence-electron chi connectivity index (χ1n) is 11.3. The number of dihydropyridines is 1. The minimum absolute atomic E-state index is 0.309. The van der Waals surface area contributed by atoms with Crippen LogP contribution in [0.4, 0.5) is 11.5 Å². The minimum Gasteiger partial charge on any atom is -0.493 e. The van der Waals surface area contributed by atoms with Crippen molar-refractivity contribution >= 4 is 35.1 Å². The molecule has 8 nitrogen and oxygen atoms in total. The number of ether oxygens (including phenoxy) is 2. The van der Waals surface area contributed by atoms with Gasteiger partial charge in [-0.3, -0.25) is 4.79 Å². The van der Waals surface area contributed by atoms with E-state index in [1.54, 1.807) is 37.6 Å². The normalized spacial score (nSPS) is 14.6. The molecular formula is C26H28ClN5O3. The number of halogens is 1. The van der Waals surface area contributed by atoms with Crippen molar-refractivity contribution in [1.29, 1.82) is 5.26 Å². The van der Waals surface area contributed by atoms with E-state index in [-0.39, 0.29) is 12.1 Å². The summed E-state index contributed by atoms with van der Waals surface area (Å²) in [5.74, 6) is 1.27. The summed E-state index contributed by atoms with van der Waals surface area (Å²) in [4.78, 5) is 17.0. The summed E-state index contributed by atoms with van der Waals surface area (Å²) in [6, 6.07) is 9.20. The van der Waals surface area contributed by atoms with Gasteiger partial charge in [-0.15, -0.1) is 0 Å². The van der Waals surface area contributed by atoms with Crippen molar-refractivity contribution in [3.8, 4) is 17.6 Å². The summed E-state index contributed by atoms with van der Waals surface area (Å²) >= 11 is 6.11. The van der Waals surface area contributed by atoms with E-state index in [0.29, 0.717) is 40.2 Å². The largest absolute Gasteiger partial charge is 0.493 e. The highest BCUT2D eigenvalue weighted by Crippen LogP contribution is 2.32. The maximum absolute atomic E-state index is 12.7. The first kappa shape index (κ1) is 25.7. The van der Waals surface area contributed by atoms with E-state index in [0.717, 1.165) is 24.8 Å². The smallest absolute Gasteiger partial charge is 0.248 e. The summed E-state index contributed by atoms with van der Waals surface area (Å²) in [5.41, 5.74) is 1.66. The van der Waals surface area contributed by atoms with Gasteiger partial charge in [0.05, 0.1) is 30.0 Å². The Labute approximate surface area is 210 Å². The number of nitrogens with one attached hydrogen (secondary N) is 3. The molecule has 0 radical (unpaired) electrons. The van der Waals surface area contributed by atoms with E-state index >= 15 is 0 Å². The Hall–Kier alpha value is -3.96. The maximum Gasteiger partial charge on any atom is 0.248 e. The second-order valence-electron chi connectivity index (χ2n) is 7.67. The summed E-state index contributed by atoms with van der Waals surface area (Å²) in [6.45, 7) is 2.70. The number of unbranched alkanes of at least 4 members (excludes halogenated alkanes) is 2. The Kier molecular flexibility index (Phi) is 9.58. The average molecular weight is 494 g/mol. The summed E-state index contributed by atoms with van der Waals surface area (Å²) in [5, 5.41) is 18.4. The molecule has 1 aliphatic heterocycles. The molecule has 1 unspecified atom stereocenters. The molecule has 2 heterocycles. The van der Waals surface area contributed by atoms with Gasteiger partial charge in [0.25, 0.3) is 0 Å². The molecule has 3 N–H and O–H groups in total. The molecule has 2 aromatic rings. The first-order valence-corrected chi connectivity index (χ1v) is 11.7. The van der Waals surface area contributed by atoms with Crippen LogP contribution in [0.15, 0.2) is 60.5 Å². The lowest BCUT2D eigenvalue weighted by Crippen LogP contribution is -2.33. The third-order valence-corrected chi connectivity index (χ3v) is 5.26. The Morgan fingerprint density at radius 1 is 1.37 bits per heavy atom. The zero-order valence-corrected chi connectivity index (χ0v) is 20.4. The molecule has 0 fully saturated rings. The molecule has 0 saturated carbocycles. The van der Waals surface area contributed by atoms with Crippen LogP contribution in [0.5, 0.6) is 11.5 Å². The fourth-order valence-corrected chi connectivity index (χ4v) is 3.44. The van der Waals surface area contributed by atoms with Crippen molar-refractivity contribution in [2.45, 2.75) is 32.4 Å². The summed E-state index contributed by atoms with van der Waals surface area (Å²) in [7, 11) is 1.59. The van der Waals surface area contributed by atoms with E-state index in [2.05, 4.69) is 33.9 Å². The van der Waals surface area contributed by atoms with Crippen molar-refractivity contribution in [1.82, 2.24) is 10.3 Å². The van der Waals surface area contributed by atoms with Gasteiger partial charge < -0.3 is 25.4 Å². The number of rotatable bonds is 11. The van der Waals surface area contributed by atoms with Crippen molar-refractivity contribution < 1.29 is 14.3 Å². The van der Waals surface area contributed by atoms with Crippen molar-refractivity contribution in [2.75, 3.05) is 24.4 Å². The maximum atomic E-state index is 12.7. The number of nitriles is 1. The number of hydrogen-bond donors (Lipinski definition) is 3. The van der Waals surface area contributed by atoms with Crippen LogP contribution < -0.4 is 25.4 Å². The van der Waals surface area contributed by atoms with E-state index in [1.165, 1.54) is 12.3 Å². The molecule has 1 aromatic carbocycles. The van der Waals surface area contributed by atoms with E-state index < -0.39 is 0 Å². The minimum atomic E-state index is -0.365. The predicted octanol–water partition coefficient (Wildman–Crippen LogP) is 5.27. The molecule has 9 heteroatoms. The zero-order chi connectivity index (χ0) is 25.0. The number of carbonyl (C=O) groups excluding carboxylic acids is 1. The number of hydrogen-bond acceptors (Lipinski definition) is 7. The standard InChI is InChI=1S/C26H28ClN5O3/c1-3-4-5-13-35-25-19(7-6-8-22(25)34-2)10-12-24(33)31-21-14-20(27)17-30-26(21)32-23-11-9-18(15-28)16-29-23/h6-12,14,16-17,23,29H,3-5,13H2,1-2H3,(H,30,32)(H,31,33)/b12-10+. The molecule has 0 spiro atoms. The third kappa shape index (κ3) is 7.52. The average Bonchev–Trinajstić information content (AvgIpc) is 2.87. The topological polar surface area (TPSA) is 108 Å². The highest BCUT2D eigenvalue weighted by molar-refractivity contribution is 6.31. The second kappa shape index (κ2) is 13.1. The monoisotopic (exact) mass is 493 g/mol. The van der Waals surface area contributed by atoms with Gasteiger partial charge in [0, 0.05) is 24.0 Å². The number of nitrogens with zero attached hydrogens (tertiary/aromatic N) is 2. The van der Waals surface area contributed by atoms with Crippen LogP contribution in [0.1, 0.15) is 31.7 Å². The zero-order valence-electron chi connectivity index (χ0n) is 19.7. The first-order chi connectivity index (χ1) is 17.0. The van der Waals surface area contributed by atoms with E-state index in [1.807, 2.05) is 18.2 Å². The van der Waals surface area contributed by atoms with Crippen LogP contribution in [0.3, 0.4) is 0 Å². The number of para-hydroxylation sites is 1. The lowest BCUT2D eigenvalue weighted by atomic mass is 10.1. The Bertz CT molecular complexity index is 1170.